The molecular formula is C12H18F3NO. The normalized spacial score (nSPS) is 30.6. The van der Waals surface area contributed by atoms with E-state index in [2.05, 4.69) is 4.90 Å². The Kier molecular flexibility index (Phi) is 3.76. The SMILES string of the molecule is O=C1CC2CCCC(C1)N2CCCC(F)(F)F. The molecule has 98 valence electrons. The number of nitrogens with zero attached hydrogens (tertiary/aromatic N) is 1. The Bertz CT molecular complexity index is 274. The number of fused-ring (bicyclic) bond motifs is 2. The zero-order chi connectivity index (χ0) is 12.5. The van der Waals surface area contributed by atoms with E-state index in [1.54, 1.807) is 0 Å². The molecule has 5 heteroatoms. The Morgan fingerprint density at radius 2 is 1.76 bits per heavy atom. The Balaban J connectivity index is 1.85. The lowest BCUT2D eigenvalue weighted by molar-refractivity contribution is -0.139. The van der Waals surface area contributed by atoms with Gasteiger partial charge in [0.05, 0.1) is 0 Å². The summed E-state index contributed by atoms with van der Waals surface area (Å²) in [5.74, 6) is 0.284. The molecule has 2 nitrogen and oxygen atoms in total. The van der Waals surface area contributed by atoms with Crippen molar-refractivity contribution in [2.75, 3.05) is 6.54 Å². The summed E-state index contributed by atoms with van der Waals surface area (Å²) >= 11 is 0. The average molecular weight is 249 g/mol. The van der Waals surface area contributed by atoms with Gasteiger partial charge in [0.15, 0.2) is 0 Å². The molecule has 0 radical (unpaired) electrons. The van der Waals surface area contributed by atoms with Gasteiger partial charge in [-0.3, -0.25) is 9.69 Å². The highest BCUT2D eigenvalue weighted by atomic mass is 19.4. The van der Waals surface area contributed by atoms with Gasteiger partial charge in [-0.2, -0.15) is 13.2 Å². The van der Waals surface area contributed by atoms with Gasteiger partial charge in [0.25, 0.3) is 0 Å². The van der Waals surface area contributed by atoms with Crippen molar-refractivity contribution in [3.63, 3.8) is 0 Å². The van der Waals surface area contributed by atoms with Crippen molar-refractivity contribution >= 4 is 5.78 Å². The molecule has 2 aliphatic rings. The third-order valence-corrected chi connectivity index (χ3v) is 3.82. The van der Waals surface area contributed by atoms with Gasteiger partial charge in [0.2, 0.25) is 0 Å². The molecule has 0 saturated carbocycles. The van der Waals surface area contributed by atoms with Crippen molar-refractivity contribution in [2.45, 2.75) is 63.2 Å². The number of hydrogen-bond acceptors (Lipinski definition) is 2. The molecule has 2 saturated heterocycles. The number of hydrogen-bond donors (Lipinski definition) is 0. The fourth-order valence-corrected chi connectivity index (χ4v) is 3.09. The number of ketones is 1. The number of piperidine rings is 2. The minimum atomic E-state index is -4.05. The predicted octanol–water partition coefficient (Wildman–Crippen LogP) is 2.91. The van der Waals surface area contributed by atoms with E-state index in [4.69, 9.17) is 0 Å². The zero-order valence-corrected chi connectivity index (χ0v) is 9.80. The van der Waals surface area contributed by atoms with Gasteiger partial charge in [0, 0.05) is 31.3 Å². The van der Waals surface area contributed by atoms with E-state index in [0.29, 0.717) is 19.4 Å². The van der Waals surface area contributed by atoms with E-state index in [-0.39, 0.29) is 24.3 Å². The molecule has 0 aromatic carbocycles. The third kappa shape index (κ3) is 3.44. The molecule has 0 aromatic heterocycles. The van der Waals surface area contributed by atoms with Crippen LogP contribution in [0.3, 0.4) is 0 Å². The summed E-state index contributed by atoms with van der Waals surface area (Å²) in [6, 6.07) is 0.423. The summed E-state index contributed by atoms with van der Waals surface area (Å²) in [5, 5.41) is 0. The second-order valence-electron chi connectivity index (χ2n) is 5.14. The second kappa shape index (κ2) is 4.96. The topological polar surface area (TPSA) is 20.3 Å². The quantitative estimate of drug-likeness (QED) is 0.766. The summed E-state index contributed by atoms with van der Waals surface area (Å²) in [5.41, 5.74) is 0. The number of halogens is 3. The molecule has 0 aromatic rings. The number of rotatable bonds is 3. The number of carbonyl (C=O) groups is 1. The van der Waals surface area contributed by atoms with Crippen LogP contribution in [0.15, 0.2) is 0 Å². The maximum Gasteiger partial charge on any atom is 0.389 e. The largest absolute Gasteiger partial charge is 0.389 e. The van der Waals surface area contributed by atoms with Gasteiger partial charge in [-0.15, -0.1) is 0 Å². The van der Waals surface area contributed by atoms with Gasteiger partial charge < -0.3 is 0 Å². The molecule has 2 heterocycles. The third-order valence-electron chi connectivity index (χ3n) is 3.82. The average Bonchev–Trinajstić information content (AvgIpc) is 2.17. The van der Waals surface area contributed by atoms with E-state index in [1.165, 1.54) is 0 Å². The van der Waals surface area contributed by atoms with Crippen LogP contribution in [0.25, 0.3) is 0 Å². The standard InChI is InChI=1S/C12H18F3NO/c13-12(14,15)5-2-6-16-9-3-1-4-10(16)8-11(17)7-9/h9-10H,1-8H2. The van der Waals surface area contributed by atoms with Gasteiger partial charge in [-0.1, -0.05) is 6.42 Å². The molecular weight excluding hydrogens is 231 g/mol. The summed E-state index contributed by atoms with van der Waals surface area (Å²) in [6.45, 7) is 0.488. The van der Waals surface area contributed by atoms with Crippen molar-refractivity contribution in [2.24, 2.45) is 0 Å². The Hall–Kier alpha value is -0.580. The molecule has 2 rings (SSSR count). The Labute approximate surface area is 99.2 Å². The smallest absolute Gasteiger partial charge is 0.300 e. The van der Waals surface area contributed by atoms with Gasteiger partial charge in [0.1, 0.15) is 5.78 Å². The van der Waals surface area contributed by atoms with Crippen LogP contribution in [0, 0.1) is 0 Å². The first kappa shape index (κ1) is 12.9. The van der Waals surface area contributed by atoms with E-state index in [1.807, 2.05) is 0 Å². The predicted molar refractivity (Wildman–Crippen MR) is 57.7 cm³/mol. The molecule has 0 aliphatic carbocycles. The zero-order valence-electron chi connectivity index (χ0n) is 9.80. The summed E-state index contributed by atoms with van der Waals surface area (Å²) < 4.78 is 36.3. The van der Waals surface area contributed by atoms with Crippen molar-refractivity contribution < 1.29 is 18.0 Å². The van der Waals surface area contributed by atoms with Gasteiger partial charge >= 0.3 is 6.18 Å². The molecule has 2 bridgehead atoms. The van der Waals surface area contributed by atoms with Crippen molar-refractivity contribution in [3.8, 4) is 0 Å². The molecule has 0 amide bonds. The number of Topliss-reactive ketones (excluding diaryl/α,β-unsaturated/α-hetero) is 1. The Morgan fingerprint density at radius 3 is 2.29 bits per heavy atom. The van der Waals surface area contributed by atoms with Gasteiger partial charge in [-0.05, 0) is 25.8 Å². The fraction of sp³-hybridized carbons (Fsp3) is 0.917. The summed E-state index contributed by atoms with van der Waals surface area (Å²) in [7, 11) is 0. The molecule has 2 fully saturated rings. The van der Waals surface area contributed by atoms with Crippen LogP contribution in [0.2, 0.25) is 0 Å². The van der Waals surface area contributed by atoms with E-state index < -0.39 is 12.6 Å². The lowest BCUT2D eigenvalue weighted by Gasteiger charge is -2.45. The van der Waals surface area contributed by atoms with Crippen molar-refractivity contribution in [1.29, 1.82) is 0 Å². The first-order valence-electron chi connectivity index (χ1n) is 6.30. The minimum Gasteiger partial charge on any atom is -0.300 e. The number of carbonyl (C=O) groups excluding carboxylic acids is 1. The lowest BCUT2D eigenvalue weighted by atomic mass is 9.83. The molecule has 2 atom stereocenters. The van der Waals surface area contributed by atoms with Crippen LogP contribution >= 0.6 is 0 Å². The van der Waals surface area contributed by atoms with Gasteiger partial charge in [-0.25, -0.2) is 0 Å². The van der Waals surface area contributed by atoms with E-state index >= 15 is 0 Å². The highest BCUT2D eigenvalue weighted by Crippen LogP contribution is 2.33. The first-order valence-corrected chi connectivity index (χ1v) is 6.30. The monoisotopic (exact) mass is 249 g/mol. The Morgan fingerprint density at radius 1 is 1.18 bits per heavy atom. The van der Waals surface area contributed by atoms with Crippen LogP contribution in [0.1, 0.15) is 44.9 Å². The molecule has 0 spiro atoms. The highest BCUT2D eigenvalue weighted by molar-refractivity contribution is 5.80. The molecule has 0 N–H and O–H groups in total. The van der Waals surface area contributed by atoms with Crippen molar-refractivity contribution in [1.82, 2.24) is 4.90 Å². The molecule has 2 unspecified atom stereocenters. The first-order chi connectivity index (χ1) is 7.96. The van der Waals surface area contributed by atoms with Crippen LogP contribution in [-0.4, -0.2) is 35.5 Å². The van der Waals surface area contributed by atoms with Crippen molar-refractivity contribution in [3.05, 3.63) is 0 Å². The summed E-state index contributed by atoms with van der Waals surface area (Å²) in [6.07, 6.45) is -0.478. The number of alkyl halides is 3. The molecule has 17 heavy (non-hydrogen) atoms. The van der Waals surface area contributed by atoms with Crippen LogP contribution < -0.4 is 0 Å². The van der Waals surface area contributed by atoms with E-state index in [0.717, 1.165) is 19.3 Å². The molecule has 2 aliphatic heterocycles. The summed E-state index contributed by atoms with van der Waals surface area (Å²) in [4.78, 5) is 13.6. The highest BCUT2D eigenvalue weighted by Gasteiger charge is 2.37. The maximum atomic E-state index is 12.1. The van der Waals surface area contributed by atoms with Crippen LogP contribution in [0.5, 0.6) is 0 Å². The maximum absolute atomic E-state index is 12.1. The second-order valence-corrected chi connectivity index (χ2v) is 5.14. The van der Waals surface area contributed by atoms with Crippen LogP contribution in [-0.2, 0) is 4.79 Å². The fourth-order valence-electron chi connectivity index (χ4n) is 3.09. The van der Waals surface area contributed by atoms with E-state index in [9.17, 15) is 18.0 Å². The minimum absolute atomic E-state index is 0.157. The lowest BCUT2D eigenvalue weighted by Crippen LogP contribution is -2.52. The van der Waals surface area contributed by atoms with Crippen LogP contribution in [0.4, 0.5) is 13.2 Å².